The van der Waals surface area contributed by atoms with Gasteiger partial charge in [0.15, 0.2) is 0 Å². The third kappa shape index (κ3) is 1.18. The summed E-state index contributed by atoms with van der Waals surface area (Å²) in [7, 11) is 0. The Morgan fingerprint density at radius 2 is 2.29 bits per heavy atom. The summed E-state index contributed by atoms with van der Waals surface area (Å²) in [5, 5.41) is 0. The van der Waals surface area contributed by atoms with E-state index in [9.17, 15) is 4.79 Å². The van der Waals surface area contributed by atoms with Crippen molar-refractivity contribution in [2.75, 3.05) is 0 Å². The van der Waals surface area contributed by atoms with Crippen LogP contribution in [0.1, 0.15) is 32.6 Å². The van der Waals surface area contributed by atoms with Crippen LogP contribution >= 0.6 is 0 Å². The van der Waals surface area contributed by atoms with Gasteiger partial charge >= 0.3 is 5.97 Å². The molecule has 0 unspecified atom stereocenters. The van der Waals surface area contributed by atoms with Gasteiger partial charge in [-0.2, -0.15) is 0 Å². The Morgan fingerprint density at radius 3 is 3.00 bits per heavy atom. The van der Waals surface area contributed by atoms with Gasteiger partial charge in [0.2, 0.25) is 0 Å². The quantitative estimate of drug-likeness (QED) is 0.507. The molecule has 3 rings (SSSR count). The predicted octanol–water partition coefficient (Wildman–Crippen LogP) is 1.51. The van der Waals surface area contributed by atoms with Gasteiger partial charge < -0.3 is 9.47 Å². The molecule has 3 heteroatoms. The number of rotatable bonds is 3. The monoisotopic (exact) mass is 196 g/mol. The van der Waals surface area contributed by atoms with Crippen molar-refractivity contribution in [2.24, 2.45) is 11.8 Å². The van der Waals surface area contributed by atoms with Gasteiger partial charge in [0.1, 0.15) is 6.10 Å². The maximum Gasteiger partial charge on any atom is 0.306 e. The molecule has 0 aromatic carbocycles. The molecule has 0 spiro atoms. The predicted molar refractivity (Wildman–Crippen MR) is 49.7 cm³/mol. The Bertz CT molecular complexity index is 263. The molecule has 3 nitrogen and oxygen atoms in total. The van der Waals surface area contributed by atoms with E-state index in [1.54, 1.807) is 0 Å². The van der Waals surface area contributed by atoms with Crippen LogP contribution in [0.15, 0.2) is 0 Å². The third-order valence-electron chi connectivity index (χ3n) is 3.82. The molecule has 0 aromatic rings. The highest BCUT2D eigenvalue weighted by Crippen LogP contribution is 2.57. The van der Waals surface area contributed by atoms with E-state index in [2.05, 4.69) is 0 Å². The fourth-order valence-corrected chi connectivity index (χ4v) is 2.96. The molecule has 0 N–H and O–H groups in total. The summed E-state index contributed by atoms with van der Waals surface area (Å²) in [6, 6.07) is 0. The van der Waals surface area contributed by atoms with E-state index >= 15 is 0 Å². The first-order valence-corrected chi connectivity index (χ1v) is 5.64. The fraction of sp³-hybridized carbons (Fsp3) is 0.909. The molecule has 1 heterocycles. The normalized spacial score (nSPS) is 47.6. The van der Waals surface area contributed by atoms with E-state index in [1.807, 2.05) is 6.92 Å². The topological polar surface area (TPSA) is 38.8 Å². The minimum Gasteiger partial charge on any atom is -0.462 e. The standard InChI is InChI=1S/C11H16O3/c1-2-3-10(12)13-8-5-7-6(8)4-9-11(7)14-9/h6-9,11H,2-5H2,1H3/t6-,7-,8+,9+,11-/m0/s1. The average molecular weight is 196 g/mol. The van der Waals surface area contributed by atoms with Crippen molar-refractivity contribution >= 4 is 5.97 Å². The van der Waals surface area contributed by atoms with Crippen LogP contribution in [0.3, 0.4) is 0 Å². The summed E-state index contributed by atoms with van der Waals surface area (Å²) in [4.78, 5) is 11.3. The Labute approximate surface area is 83.8 Å². The van der Waals surface area contributed by atoms with Gasteiger partial charge in [-0.15, -0.1) is 0 Å². The molecule has 0 bridgehead atoms. The van der Waals surface area contributed by atoms with E-state index in [0.29, 0.717) is 30.5 Å². The second-order valence-corrected chi connectivity index (χ2v) is 4.72. The highest BCUT2D eigenvalue weighted by Gasteiger charge is 2.63. The largest absolute Gasteiger partial charge is 0.462 e. The van der Waals surface area contributed by atoms with Gasteiger partial charge in [0, 0.05) is 12.3 Å². The van der Waals surface area contributed by atoms with Crippen LogP contribution in [0.25, 0.3) is 0 Å². The second kappa shape index (κ2) is 2.96. The van der Waals surface area contributed by atoms with E-state index in [0.717, 1.165) is 19.3 Å². The minimum absolute atomic E-state index is 0.0163. The zero-order chi connectivity index (χ0) is 9.71. The lowest BCUT2D eigenvalue weighted by molar-refractivity contribution is -0.164. The lowest BCUT2D eigenvalue weighted by Crippen LogP contribution is -2.44. The molecule has 2 saturated carbocycles. The third-order valence-corrected chi connectivity index (χ3v) is 3.82. The summed E-state index contributed by atoms with van der Waals surface area (Å²) >= 11 is 0. The van der Waals surface area contributed by atoms with E-state index in [4.69, 9.17) is 9.47 Å². The van der Waals surface area contributed by atoms with E-state index in [-0.39, 0.29) is 12.1 Å². The average Bonchev–Trinajstić information content (AvgIpc) is 2.82. The number of carbonyl (C=O) groups is 1. The Morgan fingerprint density at radius 1 is 1.43 bits per heavy atom. The van der Waals surface area contributed by atoms with Gasteiger partial charge in [-0.1, -0.05) is 6.92 Å². The van der Waals surface area contributed by atoms with Crippen LogP contribution < -0.4 is 0 Å². The molecular weight excluding hydrogens is 180 g/mol. The van der Waals surface area contributed by atoms with E-state index in [1.165, 1.54) is 0 Å². The van der Waals surface area contributed by atoms with Gasteiger partial charge in [-0.25, -0.2) is 0 Å². The highest BCUT2D eigenvalue weighted by molar-refractivity contribution is 5.69. The Kier molecular flexibility index (Phi) is 1.84. The number of hydrogen-bond donors (Lipinski definition) is 0. The van der Waals surface area contributed by atoms with Crippen molar-refractivity contribution in [3.05, 3.63) is 0 Å². The van der Waals surface area contributed by atoms with Crippen LogP contribution in [0.2, 0.25) is 0 Å². The van der Waals surface area contributed by atoms with Crippen LogP contribution in [0.4, 0.5) is 0 Å². The second-order valence-electron chi connectivity index (χ2n) is 4.72. The first kappa shape index (κ1) is 8.72. The van der Waals surface area contributed by atoms with Crippen molar-refractivity contribution in [3.8, 4) is 0 Å². The Balaban J connectivity index is 1.50. The fourth-order valence-electron chi connectivity index (χ4n) is 2.96. The van der Waals surface area contributed by atoms with Gasteiger partial charge in [0.05, 0.1) is 12.2 Å². The number of esters is 1. The molecule has 3 fully saturated rings. The maximum absolute atomic E-state index is 11.3. The van der Waals surface area contributed by atoms with Crippen LogP contribution in [0.5, 0.6) is 0 Å². The molecule has 2 aliphatic carbocycles. The van der Waals surface area contributed by atoms with Crippen LogP contribution in [-0.2, 0) is 14.3 Å². The molecule has 0 aromatic heterocycles. The first-order valence-electron chi connectivity index (χ1n) is 5.64. The molecule has 0 radical (unpaired) electrons. The lowest BCUT2D eigenvalue weighted by atomic mass is 9.72. The summed E-state index contributed by atoms with van der Waals surface area (Å²) in [5.74, 6) is 1.32. The summed E-state index contributed by atoms with van der Waals surface area (Å²) in [6.07, 6.45) is 4.88. The van der Waals surface area contributed by atoms with Crippen molar-refractivity contribution in [1.29, 1.82) is 0 Å². The number of hydrogen-bond acceptors (Lipinski definition) is 3. The van der Waals surface area contributed by atoms with Crippen molar-refractivity contribution < 1.29 is 14.3 Å². The van der Waals surface area contributed by atoms with Crippen LogP contribution in [-0.4, -0.2) is 24.3 Å². The molecule has 0 amide bonds. The number of epoxide rings is 1. The molecule has 14 heavy (non-hydrogen) atoms. The highest BCUT2D eigenvalue weighted by atomic mass is 16.6. The van der Waals surface area contributed by atoms with Crippen LogP contribution in [0, 0.1) is 11.8 Å². The van der Waals surface area contributed by atoms with Gasteiger partial charge in [-0.05, 0) is 25.2 Å². The molecule has 3 aliphatic rings. The van der Waals surface area contributed by atoms with Crippen molar-refractivity contribution in [2.45, 2.75) is 50.9 Å². The molecular formula is C11H16O3. The Hall–Kier alpha value is -0.570. The summed E-state index contributed by atoms with van der Waals surface area (Å²) < 4.78 is 10.9. The number of fused-ring (bicyclic) bond motifs is 3. The van der Waals surface area contributed by atoms with Crippen molar-refractivity contribution in [3.63, 3.8) is 0 Å². The zero-order valence-corrected chi connectivity index (χ0v) is 8.44. The lowest BCUT2D eigenvalue weighted by Gasteiger charge is -2.40. The van der Waals surface area contributed by atoms with Gasteiger partial charge in [0.25, 0.3) is 0 Å². The number of ether oxygens (including phenoxy) is 2. The molecule has 5 atom stereocenters. The maximum atomic E-state index is 11.3. The summed E-state index contributed by atoms with van der Waals surface area (Å²) in [6.45, 7) is 2.00. The smallest absolute Gasteiger partial charge is 0.306 e. The number of carbonyl (C=O) groups excluding carboxylic acids is 1. The zero-order valence-electron chi connectivity index (χ0n) is 8.44. The molecule has 1 saturated heterocycles. The first-order chi connectivity index (χ1) is 6.79. The summed E-state index contributed by atoms with van der Waals surface area (Å²) in [5.41, 5.74) is 0. The SMILES string of the molecule is CCCC(=O)O[C@@H]1C[C@H]2[C@@H]1C[C@H]1O[C@@H]21. The van der Waals surface area contributed by atoms with E-state index < -0.39 is 0 Å². The van der Waals surface area contributed by atoms with Gasteiger partial charge in [-0.3, -0.25) is 4.79 Å². The molecule has 78 valence electrons. The minimum atomic E-state index is -0.0163. The van der Waals surface area contributed by atoms with Crippen molar-refractivity contribution in [1.82, 2.24) is 0 Å². The molecule has 1 aliphatic heterocycles.